The summed E-state index contributed by atoms with van der Waals surface area (Å²) in [6.45, 7) is 3.49. The zero-order chi connectivity index (χ0) is 11.5. The second kappa shape index (κ2) is 5.65. The van der Waals surface area contributed by atoms with Crippen LogP contribution in [0.4, 0.5) is 0 Å². The highest BCUT2D eigenvalue weighted by Gasteiger charge is 2.21. The molecule has 0 amide bonds. The van der Waals surface area contributed by atoms with E-state index in [2.05, 4.69) is 46.2 Å². The molecule has 1 nitrogen and oxygen atoms in total. The van der Waals surface area contributed by atoms with Crippen molar-refractivity contribution in [3.05, 3.63) is 20.8 Å². The van der Waals surface area contributed by atoms with E-state index in [0.29, 0.717) is 0 Å². The Morgan fingerprint density at radius 2 is 2.06 bits per heavy atom. The van der Waals surface area contributed by atoms with Crippen LogP contribution in [0.1, 0.15) is 37.5 Å². The fourth-order valence-electron chi connectivity index (χ4n) is 2.49. The average Bonchev–Trinajstić information content (AvgIpc) is 2.65. The van der Waals surface area contributed by atoms with Crippen LogP contribution in [0.5, 0.6) is 0 Å². The highest BCUT2D eigenvalue weighted by Crippen LogP contribution is 2.28. The first-order valence-electron chi connectivity index (χ1n) is 6.08. The van der Waals surface area contributed by atoms with Crippen LogP contribution in [0.2, 0.25) is 0 Å². The second-order valence-corrected chi connectivity index (χ2v) is 6.97. The number of hydrogen-bond acceptors (Lipinski definition) is 2. The summed E-state index contributed by atoms with van der Waals surface area (Å²) < 4.78 is 1.22. The SMILES string of the molecule is CC1CCC(N(C)Cc2cc(Br)cs2)CC1. The summed E-state index contributed by atoms with van der Waals surface area (Å²) in [7, 11) is 2.27. The molecule has 1 saturated carbocycles. The molecule has 0 bridgehead atoms. The molecule has 90 valence electrons. The highest BCUT2D eigenvalue weighted by atomic mass is 79.9. The summed E-state index contributed by atoms with van der Waals surface area (Å²) in [4.78, 5) is 4.00. The molecule has 0 spiro atoms. The van der Waals surface area contributed by atoms with Crippen LogP contribution in [0.3, 0.4) is 0 Å². The van der Waals surface area contributed by atoms with Gasteiger partial charge in [-0.25, -0.2) is 0 Å². The van der Waals surface area contributed by atoms with Gasteiger partial charge in [0.25, 0.3) is 0 Å². The Labute approximate surface area is 111 Å². The molecule has 3 heteroatoms. The van der Waals surface area contributed by atoms with Gasteiger partial charge in [-0.05, 0) is 60.6 Å². The molecule has 1 fully saturated rings. The molecule has 0 aliphatic heterocycles. The van der Waals surface area contributed by atoms with Crippen molar-refractivity contribution in [1.29, 1.82) is 0 Å². The average molecular weight is 302 g/mol. The van der Waals surface area contributed by atoms with E-state index in [1.807, 2.05) is 11.3 Å². The van der Waals surface area contributed by atoms with Crippen molar-refractivity contribution in [3.63, 3.8) is 0 Å². The van der Waals surface area contributed by atoms with Gasteiger partial charge in [-0.3, -0.25) is 4.90 Å². The fraction of sp³-hybridized carbons (Fsp3) is 0.692. The van der Waals surface area contributed by atoms with Gasteiger partial charge in [-0.1, -0.05) is 6.92 Å². The van der Waals surface area contributed by atoms with Gasteiger partial charge >= 0.3 is 0 Å². The minimum Gasteiger partial charge on any atom is -0.298 e. The van der Waals surface area contributed by atoms with Gasteiger partial charge in [0.05, 0.1) is 0 Å². The van der Waals surface area contributed by atoms with Crippen molar-refractivity contribution in [2.75, 3.05) is 7.05 Å². The van der Waals surface area contributed by atoms with Gasteiger partial charge < -0.3 is 0 Å². The van der Waals surface area contributed by atoms with Gasteiger partial charge in [0, 0.05) is 27.3 Å². The van der Waals surface area contributed by atoms with E-state index < -0.39 is 0 Å². The monoisotopic (exact) mass is 301 g/mol. The maximum absolute atomic E-state index is 3.52. The molecule has 0 radical (unpaired) electrons. The zero-order valence-electron chi connectivity index (χ0n) is 10.1. The van der Waals surface area contributed by atoms with E-state index in [4.69, 9.17) is 0 Å². The standard InChI is InChI=1S/C13H20BrNS/c1-10-3-5-12(6-4-10)15(2)8-13-7-11(14)9-16-13/h7,9-10,12H,3-6,8H2,1-2H3. The van der Waals surface area contributed by atoms with Gasteiger partial charge in [0.2, 0.25) is 0 Å². The predicted octanol–water partition coefficient (Wildman–Crippen LogP) is 4.52. The number of rotatable bonds is 3. The van der Waals surface area contributed by atoms with Gasteiger partial charge in [0.1, 0.15) is 0 Å². The fourth-order valence-corrected chi connectivity index (χ4v) is 4.01. The first kappa shape index (κ1) is 12.6. The Balaban J connectivity index is 1.85. The number of halogens is 1. The van der Waals surface area contributed by atoms with Gasteiger partial charge in [-0.15, -0.1) is 11.3 Å². The Morgan fingerprint density at radius 3 is 2.62 bits per heavy atom. The van der Waals surface area contributed by atoms with Crippen molar-refractivity contribution in [2.24, 2.45) is 5.92 Å². The molecule has 0 N–H and O–H groups in total. The number of nitrogens with zero attached hydrogens (tertiary/aromatic N) is 1. The maximum Gasteiger partial charge on any atom is 0.0328 e. The topological polar surface area (TPSA) is 3.24 Å². The van der Waals surface area contributed by atoms with Crippen molar-refractivity contribution >= 4 is 27.3 Å². The molecule has 1 aromatic heterocycles. The lowest BCUT2D eigenvalue weighted by atomic mass is 9.87. The minimum absolute atomic E-state index is 0.803. The Bertz CT molecular complexity index is 328. The Morgan fingerprint density at radius 1 is 1.38 bits per heavy atom. The number of hydrogen-bond donors (Lipinski definition) is 0. The molecule has 0 saturated heterocycles. The molecule has 1 aromatic rings. The highest BCUT2D eigenvalue weighted by molar-refractivity contribution is 9.10. The van der Waals surface area contributed by atoms with E-state index >= 15 is 0 Å². The number of thiophene rings is 1. The molecule has 1 heterocycles. The lowest BCUT2D eigenvalue weighted by molar-refractivity contribution is 0.165. The Kier molecular flexibility index (Phi) is 4.45. The van der Waals surface area contributed by atoms with E-state index in [0.717, 1.165) is 18.5 Å². The maximum atomic E-state index is 3.52. The lowest BCUT2D eigenvalue weighted by Crippen LogP contribution is -2.34. The Hall–Kier alpha value is 0.140. The first-order valence-corrected chi connectivity index (χ1v) is 7.75. The van der Waals surface area contributed by atoms with Crippen molar-refractivity contribution in [1.82, 2.24) is 4.90 Å². The summed E-state index contributed by atoms with van der Waals surface area (Å²) in [5.74, 6) is 0.945. The quantitative estimate of drug-likeness (QED) is 0.793. The molecule has 0 unspecified atom stereocenters. The van der Waals surface area contributed by atoms with Crippen LogP contribution in [-0.2, 0) is 6.54 Å². The molecule has 16 heavy (non-hydrogen) atoms. The van der Waals surface area contributed by atoms with Crippen molar-refractivity contribution in [2.45, 2.75) is 45.2 Å². The first-order chi connectivity index (χ1) is 7.65. The van der Waals surface area contributed by atoms with Crippen LogP contribution >= 0.6 is 27.3 Å². The largest absolute Gasteiger partial charge is 0.298 e. The molecular weight excluding hydrogens is 282 g/mol. The van der Waals surface area contributed by atoms with E-state index in [1.165, 1.54) is 35.0 Å². The third kappa shape index (κ3) is 3.31. The van der Waals surface area contributed by atoms with E-state index in [-0.39, 0.29) is 0 Å². The molecule has 2 rings (SSSR count). The summed E-state index contributed by atoms with van der Waals surface area (Å²) >= 11 is 5.37. The summed E-state index contributed by atoms with van der Waals surface area (Å²) in [6, 6.07) is 3.05. The predicted molar refractivity (Wildman–Crippen MR) is 74.9 cm³/mol. The van der Waals surface area contributed by atoms with Crippen LogP contribution in [0.25, 0.3) is 0 Å². The minimum atomic E-state index is 0.803. The summed E-state index contributed by atoms with van der Waals surface area (Å²) in [6.07, 6.45) is 5.57. The molecule has 0 atom stereocenters. The van der Waals surface area contributed by atoms with Crippen LogP contribution < -0.4 is 0 Å². The van der Waals surface area contributed by atoms with E-state index in [1.54, 1.807) is 0 Å². The smallest absolute Gasteiger partial charge is 0.0328 e. The van der Waals surface area contributed by atoms with Crippen molar-refractivity contribution < 1.29 is 0 Å². The van der Waals surface area contributed by atoms with Crippen LogP contribution in [0, 0.1) is 5.92 Å². The molecule has 1 aliphatic carbocycles. The lowest BCUT2D eigenvalue weighted by Gasteiger charge is -2.33. The van der Waals surface area contributed by atoms with E-state index in [9.17, 15) is 0 Å². The zero-order valence-corrected chi connectivity index (χ0v) is 12.5. The second-order valence-electron chi connectivity index (χ2n) is 5.06. The van der Waals surface area contributed by atoms with Crippen LogP contribution in [0.15, 0.2) is 15.9 Å². The normalized spacial score (nSPS) is 26.2. The summed E-state index contributed by atoms with van der Waals surface area (Å²) in [5.41, 5.74) is 0. The molecular formula is C13H20BrNS. The van der Waals surface area contributed by atoms with Gasteiger partial charge in [0.15, 0.2) is 0 Å². The van der Waals surface area contributed by atoms with Gasteiger partial charge in [-0.2, -0.15) is 0 Å². The van der Waals surface area contributed by atoms with Crippen molar-refractivity contribution in [3.8, 4) is 0 Å². The third-order valence-electron chi connectivity index (χ3n) is 3.64. The van der Waals surface area contributed by atoms with Crippen LogP contribution in [-0.4, -0.2) is 18.0 Å². The molecule has 1 aliphatic rings. The molecule has 0 aromatic carbocycles. The third-order valence-corrected chi connectivity index (χ3v) is 5.32. The summed E-state index contributed by atoms with van der Waals surface area (Å²) in [5, 5.41) is 2.17.